The highest BCUT2D eigenvalue weighted by Gasteiger charge is 2.06. The van der Waals surface area contributed by atoms with Crippen molar-refractivity contribution < 1.29 is 0 Å². The van der Waals surface area contributed by atoms with Crippen LogP contribution in [0.4, 0.5) is 0 Å². The van der Waals surface area contributed by atoms with E-state index in [4.69, 9.17) is 0 Å². The first-order valence-corrected chi connectivity index (χ1v) is 11.4. The molecular formula is C27H48. The number of hydrogen-bond donors (Lipinski definition) is 0. The van der Waals surface area contributed by atoms with Gasteiger partial charge in [-0.25, -0.2) is 0 Å². The van der Waals surface area contributed by atoms with Gasteiger partial charge >= 0.3 is 0 Å². The van der Waals surface area contributed by atoms with Gasteiger partial charge in [0.05, 0.1) is 0 Å². The number of aryl methyl sites for hydroxylation is 3. The number of hydrogen-bond acceptors (Lipinski definition) is 0. The summed E-state index contributed by atoms with van der Waals surface area (Å²) in [6, 6.07) is 15.7. The van der Waals surface area contributed by atoms with Gasteiger partial charge in [0.25, 0.3) is 0 Å². The lowest BCUT2D eigenvalue weighted by atomic mass is 9.93. The molecule has 27 heavy (non-hydrogen) atoms. The van der Waals surface area contributed by atoms with Crippen LogP contribution in [-0.2, 0) is 19.3 Å². The monoisotopic (exact) mass is 372 g/mol. The third-order valence-electron chi connectivity index (χ3n) is 3.76. The molecule has 0 saturated carbocycles. The van der Waals surface area contributed by atoms with E-state index in [0.717, 1.165) is 12.8 Å². The largest absolute Gasteiger partial charge is 0.0683 e. The predicted octanol–water partition coefficient (Wildman–Crippen LogP) is 9.21. The Morgan fingerprint density at radius 2 is 1.07 bits per heavy atom. The minimum atomic E-state index is 1.07. The van der Waals surface area contributed by atoms with Crippen molar-refractivity contribution in [3.63, 3.8) is 0 Å². The lowest BCUT2D eigenvalue weighted by Crippen LogP contribution is -1.99. The Labute approximate surface area is 172 Å². The first kappa shape index (κ1) is 30.2. The van der Waals surface area contributed by atoms with Gasteiger partial charge in [0, 0.05) is 0 Å². The van der Waals surface area contributed by atoms with Crippen LogP contribution in [-0.4, -0.2) is 0 Å². The average molecular weight is 373 g/mol. The molecule has 0 nitrogen and oxygen atoms in total. The van der Waals surface area contributed by atoms with Gasteiger partial charge in [0.15, 0.2) is 0 Å². The van der Waals surface area contributed by atoms with E-state index < -0.39 is 0 Å². The van der Waals surface area contributed by atoms with Crippen molar-refractivity contribution in [1.82, 2.24) is 0 Å². The maximum absolute atomic E-state index is 2.35. The Bertz CT molecular complexity index is 537. The van der Waals surface area contributed by atoms with Crippen molar-refractivity contribution in [2.75, 3.05) is 0 Å². The minimum absolute atomic E-state index is 1.07. The Morgan fingerprint density at radius 1 is 0.593 bits per heavy atom. The first-order valence-electron chi connectivity index (χ1n) is 11.4. The van der Waals surface area contributed by atoms with E-state index in [-0.39, 0.29) is 0 Å². The van der Waals surface area contributed by atoms with Crippen LogP contribution in [0, 0.1) is 6.92 Å². The molecule has 0 aliphatic rings. The molecule has 0 spiro atoms. The molecule has 0 saturated heterocycles. The predicted molar refractivity (Wildman–Crippen MR) is 129 cm³/mol. The van der Waals surface area contributed by atoms with Crippen molar-refractivity contribution in [2.45, 2.75) is 102 Å². The summed E-state index contributed by atoms with van der Waals surface area (Å²) < 4.78 is 0. The fourth-order valence-electron chi connectivity index (χ4n) is 2.71. The van der Waals surface area contributed by atoms with Gasteiger partial charge in [-0.05, 0) is 48.4 Å². The summed E-state index contributed by atoms with van der Waals surface area (Å²) in [5, 5.41) is 0. The van der Waals surface area contributed by atoms with Crippen LogP contribution < -0.4 is 0 Å². The second-order valence-electron chi connectivity index (χ2n) is 5.32. The molecule has 2 aromatic rings. The summed E-state index contributed by atoms with van der Waals surface area (Å²) >= 11 is 0. The highest BCUT2D eigenvalue weighted by molar-refractivity contribution is 5.38. The normalized spacial score (nSPS) is 8.41. The minimum Gasteiger partial charge on any atom is -0.0683 e. The fourth-order valence-corrected chi connectivity index (χ4v) is 2.71. The van der Waals surface area contributed by atoms with Crippen LogP contribution in [0.15, 0.2) is 42.5 Å². The fraction of sp³-hybridized carbons (Fsp3) is 0.556. The Morgan fingerprint density at radius 3 is 1.56 bits per heavy atom. The third kappa shape index (κ3) is 12.5. The summed E-state index contributed by atoms with van der Waals surface area (Å²) in [6.45, 7) is 22.7. The summed E-state index contributed by atoms with van der Waals surface area (Å²) in [7, 11) is 0. The lowest BCUT2D eigenvalue weighted by Gasteiger charge is -2.12. The second kappa shape index (κ2) is 22.5. The molecule has 0 heterocycles. The maximum atomic E-state index is 2.35. The van der Waals surface area contributed by atoms with E-state index >= 15 is 0 Å². The number of rotatable bonds is 5. The van der Waals surface area contributed by atoms with Crippen LogP contribution in [0.2, 0.25) is 0 Å². The van der Waals surface area contributed by atoms with Crippen LogP contribution in [0.1, 0.15) is 103 Å². The smallest absolute Gasteiger partial charge is 0.00203 e. The topological polar surface area (TPSA) is 0 Å². The molecule has 0 N–H and O–H groups in total. The van der Waals surface area contributed by atoms with E-state index in [1.165, 1.54) is 40.7 Å². The van der Waals surface area contributed by atoms with Gasteiger partial charge in [-0.2, -0.15) is 0 Å². The van der Waals surface area contributed by atoms with Gasteiger partial charge in [-0.15, -0.1) is 0 Å². The van der Waals surface area contributed by atoms with Crippen LogP contribution in [0.3, 0.4) is 0 Å². The SMILES string of the molecule is CC.CC.CC.CC.CCCc1cc(C)ccc1Cc1ccccc1CC. The standard InChI is InChI=1S/C19H24.4C2H6/c1-4-8-17-13-15(3)11-12-19(17)14-18-10-7-6-9-16(18)5-2;4*1-2/h6-7,9-13H,4-5,8,14H2,1-3H3;4*1-2H3. The molecule has 0 aromatic heterocycles. The van der Waals surface area contributed by atoms with Crippen molar-refractivity contribution in [2.24, 2.45) is 0 Å². The summed E-state index contributed by atoms with van der Waals surface area (Å²) in [5.41, 5.74) is 7.34. The Kier molecular flexibility index (Phi) is 25.1. The van der Waals surface area contributed by atoms with Gasteiger partial charge in [-0.1, -0.05) is 124 Å². The van der Waals surface area contributed by atoms with E-state index in [1.54, 1.807) is 0 Å². The molecule has 0 aliphatic heterocycles. The molecule has 0 unspecified atom stereocenters. The summed E-state index contributed by atoms with van der Waals surface area (Å²) in [5.74, 6) is 0. The van der Waals surface area contributed by atoms with Gasteiger partial charge in [0.2, 0.25) is 0 Å². The Hall–Kier alpha value is -1.56. The van der Waals surface area contributed by atoms with Crippen molar-refractivity contribution in [1.29, 1.82) is 0 Å². The zero-order valence-corrected chi connectivity index (χ0v) is 20.4. The van der Waals surface area contributed by atoms with Gasteiger partial charge in [-0.3, -0.25) is 0 Å². The van der Waals surface area contributed by atoms with Crippen molar-refractivity contribution in [3.8, 4) is 0 Å². The zero-order valence-electron chi connectivity index (χ0n) is 20.4. The quantitative estimate of drug-likeness (QED) is 0.490. The molecule has 0 heteroatoms. The average Bonchev–Trinajstić information content (AvgIpc) is 2.76. The zero-order chi connectivity index (χ0) is 21.7. The molecule has 2 rings (SSSR count). The molecule has 0 fully saturated rings. The molecule has 0 amide bonds. The summed E-state index contributed by atoms with van der Waals surface area (Å²) in [4.78, 5) is 0. The maximum Gasteiger partial charge on any atom is -0.00203 e. The molecule has 0 atom stereocenters. The third-order valence-corrected chi connectivity index (χ3v) is 3.76. The van der Waals surface area contributed by atoms with Crippen molar-refractivity contribution in [3.05, 3.63) is 70.3 Å². The van der Waals surface area contributed by atoms with E-state index in [2.05, 4.69) is 63.2 Å². The molecular weight excluding hydrogens is 324 g/mol. The molecule has 0 radical (unpaired) electrons. The highest BCUT2D eigenvalue weighted by Crippen LogP contribution is 2.20. The molecule has 2 aromatic carbocycles. The first-order chi connectivity index (χ1) is 13.2. The van der Waals surface area contributed by atoms with Gasteiger partial charge in [0.1, 0.15) is 0 Å². The van der Waals surface area contributed by atoms with Crippen LogP contribution in [0.25, 0.3) is 0 Å². The van der Waals surface area contributed by atoms with Gasteiger partial charge < -0.3 is 0 Å². The van der Waals surface area contributed by atoms with Crippen molar-refractivity contribution >= 4 is 0 Å². The molecule has 156 valence electrons. The van der Waals surface area contributed by atoms with E-state index in [1.807, 2.05) is 55.4 Å². The lowest BCUT2D eigenvalue weighted by molar-refractivity contribution is 0.899. The summed E-state index contributed by atoms with van der Waals surface area (Å²) in [6.07, 6.45) is 4.59. The van der Waals surface area contributed by atoms with E-state index in [9.17, 15) is 0 Å². The molecule has 0 bridgehead atoms. The van der Waals surface area contributed by atoms with Crippen LogP contribution in [0.5, 0.6) is 0 Å². The molecule has 0 aliphatic carbocycles. The highest BCUT2D eigenvalue weighted by atomic mass is 14.1. The second-order valence-corrected chi connectivity index (χ2v) is 5.32. The number of benzene rings is 2. The van der Waals surface area contributed by atoms with E-state index in [0.29, 0.717) is 0 Å². The Balaban J connectivity index is -0.000000638. The van der Waals surface area contributed by atoms with Crippen LogP contribution >= 0.6 is 0 Å².